The van der Waals surface area contributed by atoms with Crippen LogP contribution in [0.4, 0.5) is 0 Å². The molecular formula is C13H14Cl3N. The highest BCUT2D eigenvalue weighted by Crippen LogP contribution is 2.31. The Hall–Kier alpha value is -0.390. The summed E-state index contributed by atoms with van der Waals surface area (Å²) in [7, 11) is 0. The van der Waals surface area contributed by atoms with Crippen LogP contribution in [0.2, 0.25) is 15.1 Å². The van der Waals surface area contributed by atoms with Crippen molar-refractivity contribution in [1.29, 1.82) is 0 Å². The molecule has 0 saturated carbocycles. The molecular weight excluding hydrogens is 277 g/mol. The number of hydrogen-bond donors (Lipinski definition) is 1. The van der Waals surface area contributed by atoms with Crippen LogP contribution in [0.1, 0.15) is 24.8 Å². The summed E-state index contributed by atoms with van der Waals surface area (Å²) in [4.78, 5) is 0. The zero-order valence-corrected chi connectivity index (χ0v) is 11.7. The van der Waals surface area contributed by atoms with E-state index in [2.05, 4.69) is 11.2 Å². The van der Waals surface area contributed by atoms with Crippen LogP contribution >= 0.6 is 34.8 Å². The average Bonchev–Trinajstić information content (AvgIpc) is 2.32. The first-order chi connectivity index (χ1) is 8.16. The Morgan fingerprint density at radius 2 is 1.82 bits per heavy atom. The standard InChI is InChI=1S/C13H14Cl3N/c1-2-3-4-5-8-17-9-10-11(14)6-7-12(15)13(10)16/h1,6-7,17H,3-5,8-9H2. The van der Waals surface area contributed by atoms with E-state index in [9.17, 15) is 0 Å². The number of halogens is 3. The van der Waals surface area contributed by atoms with Gasteiger partial charge in [0.25, 0.3) is 0 Å². The first-order valence-corrected chi connectivity index (χ1v) is 6.56. The third-order valence-corrected chi connectivity index (χ3v) is 3.56. The van der Waals surface area contributed by atoms with E-state index in [1.165, 1.54) is 0 Å². The van der Waals surface area contributed by atoms with Gasteiger partial charge in [0.1, 0.15) is 0 Å². The molecule has 17 heavy (non-hydrogen) atoms. The fourth-order valence-corrected chi connectivity index (χ4v) is 2.10. The monoisotopic (exact) mass is 289 g/mol. The normalized spacial score (nSPS) is 10.2. The van der Waals surface area contributed by atoms with Gasteiger partial charge in [0, 0.05) is 23.6 Å². The second-order valence-electron chi connectivity index (χ2n) is 3.66. The van der Waals surface area contributed by atoms with Gasteiger partial charge in [-0.2, -0.15) is 0 Å². The number of unbranched alkanes of at least 4 members (excludes halogenated alkanes) is 2. The van der Waals surface area contributed by atoms with E-state index < -0.39 is 0 Å². The maximum Gasteiger partial charge on any atom is 0.0652 e. The lowest BCUT2D eigenvalue weighted by molar-refractivity contribution is 0.630. The van der Waals surface area contributed by atoms with Gasteiger partial charge < -0.3 is 5.32 Å². The molecule has 1 aromatic carbocycles. The fraction of sp³-hybridized carbons (Fsp3) is 0.385. The maximum atomic E-state index is 6.08. The number of rotatable bonds is 6. The van der Waals surface area contributed by atoms with Crippen molar-refractivity contribution in [3.8, 4) is 12.3 Å². The third kappa shape index (κ3) is 4.77. The lowest BCUT2D eigenvalue weighted by atomic mass is 10.2. The highest BCUT2D eigenvalue weighted by molar-refractivity contribution is 6.44. The molecule has 0 atom stereocenters. The second-order valence-corrected chi connectivity index (χ2v) is 4.85. The summed E-state index contributed by atoms with van der Waals surface area (Å²) in [5, 5.41) is 4.96. The summed E-state index contributed by atoms with van der Waals surface area (Å²) in [5.74, 6) is 2.61. The molecule has 0 aliphatic heterocycles. The summed E-state index contributed by atoms with van der Waals surface area (Å²) < 4.78 is 0. The molecule has 1 N–H and O–H groups in total. The zero-order chi connectivity index (χ0) is 12.7. The van der Waals surface area contributed by atoms with Crippen molar-refractivity contribution in [3.05, 3.63) is 32.8 Å². The molecule has 0 radical (unpaired) electrons. The van der Waals surface area contributed by atoms with Gasteiger partial charge in [-0.15, -0.1) is 12.3 Å². The van der Waals surface area contributed by atoms with E-state index in [0.29, 0.717) is 21.6 Å². The van der Waals surface area contributed by atoms with Crippen molar-refractivity contribution in [2.45, 2.75) is 25.8 Å². The van der Waals surface area contributed by atoms with Crippen LogP contribution in [0, 0.1) is 12.3 Å². The number of benzene rings is 1. The minimum absolute atomic E-state index is 0.523. The molecule has 0 saturated heterocycles. The molecule has 92 valence electrons. The van der Waals surface area contributed by atoms with Gasteiger partial charge in [0.2, 0.25) is 0 Å². The van der Waals surface area contributed by atoms with Crippen LogP contribution in [0.15, 0.2) is 12.1 Å². The van der Waals surface area contributed by atoms with Gasteiger partial charge in [0.15, 0.2) is 0 Å². The average molecular weight is 291 g/mol. The van der Waals surface area contributed by atoms with E-state index in [-0.39, 0.29) is 0 Å². The molecule has 1 rings (SSSR count). The van der Waals surface area contributed by atoms with E-state index in [1.807, 2.05) is 0 Å². The van der Waals surface area contributed by atoms with Crippen molar-refractivity contribution >= 4 is 34.8 Å². The van der Waals surface area contributed by atoms with Gasteiger partial charge in [-0.25, -0.2) is 0 Å². The third-order valence-electron chi connectivity index (χ3n) is 2.37. The number of hydrogen-bond acceptors (Lipinski definition) is 1. The van der Waals surface area contributed by atoms with Crippen molar-refractivity contribution in [1.82, 2.24) is 5.32 Å². The Morgan fingerprint density at radius 3 is 2.53 bits per heavy atom. The van der Waals surface area contributed by atoms with Crippen LogP contribution in [0.25, 0.3) is 0 Å². The molecule has 0 aromatic heterocycles. The van der Waals surface area contributed by atoms with E-state index in [4.69, 9.17) is 41.2 Å². The van der Waals surface area contributed by atoms with Crippen molar-refractivity contribution in [3.63, 3.8) is 0 Å². The molecule has 0 heterocycles. The maximum absolute atomic E-state index is 6.08. The Balaban J connectivity index is 2.42. The smallest absolute Gasteiger partial charge is 0.0652 e. The number of terminal acetylenes is 1. The Labute approximate surface area is 117 Å². The van der Waals surface area contributed by atoms with Gasteiger partial charge in [-0.3, -0.25) is 0 Å². The molecule has 0 bridgehead atoms. The topological polar surface area (TPSA) is 12.0 Å². The minimum atomic E-state index is 0.523. The highest BCUT2D eigenvalue weighted by Gasteiger charge is 2.08. The van der Waals surface area contributed by atoms with Gasteiger partial charge in [-0.05, 0) is 31.5 Å². The Morgan fingerprint density at radius 1 is 1.12 bits per heavy atom. The predicted octanol–water partition coefficient (Wildman–Crippen LogP) is 4.54. The molecule has 0 unspecified atom stereocenters. The minimum Gasteiger partial charge on any atom is -0.313 e. The SMILES string of the molecule is C#CCCCCNCc1c(Cl)ccc(Cl)c1Cl. The molecule has 0 amide bonds. The lowest BCUT2D eigenvalue weighted by Crippen LogP contribution is -2.15. The lowest BCUT2D eigenvalue weighted by Gasteiger charge is -2.09. The fourth-order valence-electron chi connectivity index (χ4n) is 1.42. The molecule has 1 nitrogen and oxygen atoms in total. The van der Waals surface area contributed by atoms with Crippen molar-refractivity contribution in [2.24, 2.45) is 0 Å². The highest BCUT2D eigenvalue weighted by atomic mass is 35.5. The largest absolute Gasteiger partial charge is 0.313 e. The molecule has 0 aliphatic rings. The molecule has 0 aliphatic carbocycles. The summed E-state index contributed by atoms with van der Waals surface area (Å²) in [6, 6.07) is 3.45. The van der Waals surface area contributed by atoms with E-state index >= 15 is 0 Å². The molecule has 0 spiro atoms. The van der Waals surface area contributed by atoms with Crippen LogP contribution in [0.5, 0.6) is 0 Å². The summed E-state index contributed by atoms with van der Waals surface area (Å²) >= 11 is 18.1. The second kappa shape index (κ2) is 7.84. The zero-order valence-electron chi connectivity index (χ0n) is 9.40. The van der Waals surface area contributed by atoms with Gasteiger partial charge in [-0.1, -0.05) is 34.8 Å². The quantitative estimate of drug-likeness (QED) is 0.461. The molecule has 4 heteroatoms. The van der Waals surface area contributed by atoms with Crippen LogP contribution in [0.3, 0.4) is 0 Å². The first kappa shape index (κ1) is 14.7. The van der Waals surface area contributed by atoms with Gasteiger partial charge in [0.05, 0.1) is 10.0 Å². The summed E-state index contributed by atoms with van der Waals surface area (Å²) in [5.41, 5.74) is 0.845. The van der Waals surface area contributed by atoms with E-state index in [0.717, 1.165) is 31.4 Å². The van der Waals surface area contributed by atoms with E-state index in [1.54, 1.807) is 12.1 Å². The van der Waals surface area contributed by atoms with Crippen LogP contribution in [-0.2, 0) is 6.54 Å². The Bertz CT molecular complexity index is 410. The van der Waals surface area contributed by atoms with Crippen LogP contribution < -0.4 is 5.32 Å². The number of nitrogens with one attached hydrogen (secondary N) is 1. The summed E-state index contributed by atoms with van der Waals surface area (Å²) in [6.07, 6.45) is 8.06. The van der Waals surface area contributed by atoms with Crippen molar-refractivity contribution < 1.29 is 0 Å². The predicted molar refractivity (Wildman–Crippen MR) is 75.9 cm³/mol. The van der Waals surface area contributed by atoms with Gasteiger partial charge >= 0.3 is 0 Å². The van der Waals surface area contributed by atoms with Crippen LogP contribution in [-0.4, -0.2) is 6.54 Å². The van der Waals surface area contributed by atoms with Crippen molar-refractivity contribution in [2.75, 3.05) is 6.54 Å². The Kier molecular flexibility index (Phi) is 6.77. The summed E-state index contributed by atoms with van der Waals surface area (Å²) in [6.45, 7) is 1.51. The first-order valence-electron chi connectivity index (χ1n) is 5.43. The molecule has 1 aromatic rings. The molecule has 0 fully saturated rings.